The van der Waals surface area contributed by atoms with Gasteiger partial charge in [0.1, 0.15) is 0 Å². The van der Waals surface area contributed by atoms with E-state index in [1.807, 2.05) is 0 Å². The van der Waals surface area contributed by atoms with Crippen molar-refractivity contribution in [1.29, 1.82) is 0 Å². The van der Waals surface area contributed by atoms with Crippen molar-refractivity contribution >= 4 is 5.91 Å². The Morgan fingerprint density at radius 3 is 2.30 bits per heavy atom. The van der Waals surface area contributed by atoms with Gasteiger partial charge in [0.25, 0.3) is 5.91 Å². The average molecular weight is 297 g/mol. The molecule has 1 aromatic carbocycles. The Morgan fingerprint density at radius 2 is 1.75 bits per heavy atom. The number of amides is 1. The molecule has 2 nitrogen and oxygen atoms in total. The first-order valence-corrected chi connectivity index (χ1v) is 5.64. The van der Waals surface area contributed by atoms with Crippen molar-refractivity contribution in [1.82, 2.24) is 4.90 Å². The number of alkyl halides is 6. The molecular formula is C12H9F6NO. The van der Waals surface area contributed by atoms with Gasteiger partial charge in [0.05, 0.1) is 12.0 Å². The van der Waals surface area contributed by atoms with Crippen LogP contribution in [0.4, 0.5) is 26.3 Å². The highest BCUT2D eigenvalue weighted by molar-refractivity contribution is 5.98. The lowest BCUT2D eigenvalue weighted by molar-refractivity contribution is -0.138. The molecule has 1 aliphatic rings. The van der Waals surface area contributed by atoms with Crippen molar-refractivity contribution < 1.29 is 31.1 Å². The average Bonchev–Trinajstić information content (AvgIpc) is 2.61. The van der Waals surface area contributed by atoms with Gasteiger partial charge in [-0.25, -0.2) is 0 Å². The Kier molecular flexibility index (Phi) is 3.43. The normalized spacial score (nSPS) is 15.7. The lowest BCUT2D eigenvalue weighted by Crippen LogP contribution is -2.28. The molecule has 20 heavy (non-hydrogen) atoms. The largest absolute Gasteiger partial charge is 0.416 e. The minimum absolute atomic E-state index is 0.0949. The second-order valence-electron chi connectivity index (χ2n) is 4.46. The van der Waals surface area contributed by atoms with Gasteiger partial charge in [0, 0.05) is 18.7 Å². The summed E-state index contributed by atoms with van der Waals surface area (Å²) in [5.41, 5.74) is -0.852. The first kappa shape index (κ1) is 14.7. The fourth-order valence-electron chi connectivity index (χ4n) is 1.98. The van der Waals surface area contributed by atoms with Crippen LogP contribution in [-0.4, -0.2) is 23.5 Å². The number of nitrogens with zero attached hydrogens (tertiary/aromatic N) is 1. The maximum atomic E-state index is 12.5. The van der Waals surface area contributed by atoms with Crippen LogP contribution < -0.4 is 0 Å². The van der Waals surface area contributed by atoms with Crippen LogP contribution in [0.5, 0.6) is 0 Å². The zero-order valence-corrected chi connectivity index (χ0v) is 9.98. The fourth-order valence-corrected chi connectivity index (χ4v) is 1.98. The summed E-state index contributed by atoms with van der Waals surface area (Å²) in [6, 6.07) is 2.63. The number of benzene rings is 1. The summed E-state index contributed by atoms with van der Waals surface area (Å²) in [6.45, 7) is -0.652. The van der Waals surface area contributed by atoms with E-state index in [0.717, 1.165) is 17.0 Å². The van der Waals surface area contributed by atoms with E-state index in [-0.39, 0.29) is 12.1 Å². The highest BCUT2D eigenvalue weighted by Gasteiger charge is 2.36. The quantitative estimate of drug-likeness (QED) is 0.764. The summed E-state index contributed by atoms with van der Waals surface area (Å²) in [5.74, 6) is -0.796. The molecule has 0 saturated carbocycles. The minimum Gasteiger partial charge on any atom is -0.334 e. The molecule has 110 valence electrons. The monoisotopic (exact) mass is 297 g/mol. The third-order valence-electron chi connectivity index (χ3n) is 2.98. The number of fused-ring (bicyclic) bond motifs is 1. The van der Waals surface area contributed by atoms with Gasteiger partial charge in [-0.15, -0.1) is 0 Å². The fraction of sp³-hybridized carbons (Fsp3) is 0.417. The van der Waals surface area contributed by atoms with Crippen molar-refractivity contribution in [3.8, 4) is 0 Å². The molecular weight excluding hydrogens is 288 g/mol. The van der Waals surface area contributed by atoms with Gasteiger partial charge < -0.3 is 4.90 Å². The zero-order chi connectivity index (χ0) is 15.1. The zero-order valence-electron chi connectivity index (χ0n) is 9.98. The van der Waals surface area contributed by atoms with E-state index < -0.39 is 36.8 Å². The molecule has 1 heterocycles. The summed E-state index contributed by atoms with van der Waals surface area (Å²) >= 11 is 0. The predicted octanol–water partition coefficient (Wildman–Crippen LogP) is 3.61. The third-order valence-corrected chi connectivity index (χ3v) is 2.98. The van der Waals surface area contributed by atoms with Gasteiger partial charge in [-0.1, -0.05) is 6.07 Å². The Morgan fingerprint density at radius 1 is 1.10 bits per heavy atom. The summed E-state index contributed by atoms with van der Waals surface area (Å²) in [6.07, 6.45) is -10.2. The van der Waals surface area contributed by atoms with Gasteiger partial charge in [-0.3, -0.25) is 4.79 Å². The van der Waals surface area contributed by atoms with Crippen LogP contribution in [0.2, 0.25) is 0 Å². The van der Waals surface area contributed by atoms with Crippen LogP contribution in [0.25, 0.3) is 0 Å². The Labute approximate surface area is 110 Å². The molecule has 1 aromatic rings. The van der Waals surface area contributed by atoms with Crippen molar-refractivity contribution in [2.75, 3.05) is 6.54 Å². The molecule has 0 fully saturated rings. The van der Waals surface area contributed by atoms with Gasteiger partial charge in [0.15, 0.2) is 0 Å². The SMILES string of the molecule is O=C1c2cc(C(F)(F)F)ccc2CN1CCC(F)(F)F. The number of halogens is 6. The molecule has 0 spiro atoms. The summed E-state index contributed by atoms with van der Waals surface area (Å²) in [4.78, 5) is 12.7. The van der Waals surface area contributed by atoms with E-state index in [4.69, 9.17) is 0 Å². The van der Waals surface area contributed by atoms with Crippen molar-refractivity contribution in [3.63, 3.8) is 0 Å². The maximum absolute atomic E-state index is 12.5. The molecule has 0 atom stereocenters. The number of rotatable bonds is 2. The molecule has 0 bridgehead atoms. The molecule has 0 radical (unpaired) electrons. The van der Waals surface area contributed by atoms with E-state index in [1.165, 1.54) is 0 Å². The molecule has 1 aliphatic heterocycles. The summed E-state index contributed by atoms with van der Waals surface area (Å²) in [5, 5.41) is 0. The highest BCUT2D eigenvalue weighted by atomic mass is 19.4. The van der Waals surface area contributed by atoms with Crippen LogP contribution in [0, 0.1) is 0 Å². The lowest BCUT2D eigenvalue weighted by Gasteiger charge is -2.16. The van der Waals surface area contributed by atoms with Crippen LogP contribution in [0.1, 0.15) is 27.9 Å². The smallest absolute Gasteiger partial charge is 0.334 e. The second-order valence-corrected chi connectivity index (χ2v) is 4.46. The molecule has 0 aromatic heterocycles. The van der Waals surface area contributed by atoms with E-state index in [2.05, 4.69) is 0 Å². The van der Waals surface area contributed by atoms with E-state index in [9.17, 15) is 31.1 Å². The van der Waals surface area contributed by atoms with Crippen molar-refractivity contribution in [3.05, 3.63) is 34.9 Å². The molecule has 8 heteroatoms. The van der Waals surface area contributed by atoms with E-state index in [1.54, 1.807) is 0 Å². The molecule has 1 amide bonds. The summed E-state index contributed by atoms with van der Waals surface area (Å²) in [7, 11) is 0. The Balaban J connectivity index is 2.18. The van der Waals surface area contributed by atoms with E-state index in [0.29, 0.717) is 11.6 Å². The lowest BCUT2D eigenvalue weighted by atomic mass is 10.1. The maximum Gasteiger partial charge on any atom is 0.416 e. The topological polar surface area (TPSA) is 20.3 Å². The van der Waals surface area contributed by atoms with E-state index >= 15 is 0 Å². The first-order chi connectivity index (χ1) is 9.08. The number of hydrogen-bond acceptors (Lipinski definition) is 1. The standard InChI is InChI=1S/C12H9F6NO/c13-11(14,15)3-4-19-6-7-1-2-8(12(16,17)18)5-9(7)10(19)20/h1-2,5H,3-4,6H2. The first-order valence-electron chi connectivity index (χ1n) is 5.64. The second kappa shape index (κ2) is 4.68. The third kappa shape index (κ3) is 3.05. The minimum atomic E-state index is -4.59. The Hall–Kier alpha value is -1.73. The van der Waals surface area contributed by atoms with Crippen LogP contribution in [0.3, 0.4) is 0 Å². The molecule has 0 saturated heterocycles. The van der Waals surface area contributed by atoms with Crippen LogP contribution >= 0.6 is 0 Å². The highest BCUT2D eigenvalue weighted by Crippen LogP contribution is 2.33. The number of carbonyl (C=O) groups excluding carboxylic acids is 1. The number of carbonyl (C=O) groups is 1. The molecule has 2 rings (SSSR count). The summed E-state index contributed by atoms with van der Waals surface area (Å²) < 4.78 is 73.8. The van der Waals surface area contributed by atoms with Gasteiger partial charge in [0.2, 0.25) is 0 Å². The van der Waals surface area contributed by atoms with Gasteiger partial charge in [-0.05, 0) is 17.7 Å². The molecule has 0 N–H and O–H groups in total. The van der Waals surface area contributed by atoms with Gasteiger partial charge >= 0.3 is 12.4 Å². The van der Waals surface area contributed by atoms with Crippen LogP contribution in [0.15, 0.2) is 18.2 Å². The molecule has 0 unspecified atom stereocenters. The van der Waals surface area contributed by atoms with Gasteiger partial charge in [-0.2, -0.15) is 26.3 Å². The van der Waals surface area contributed by atoms with Crippen molar-refractivity contribution in [2.24, 2.45) is 0 Å². The van der Waals surface area contributed by atoms with Crippen LogP contribution in [-0.2, 0) is 12.7 Å². The van der Waals surface area contributed by atoms with Crippen molar-refractivity contribution in [2.45, 2.75) is 25.3 Å². The number of hydrogen-bond donors (Lipinski definition) is 0. The predicted molar refractivity (Wildman–Crippen MR) is 56.9 cm³/mol. The Bertz CT molecular complexity index is 534. The molecule has 0 aliphatic carbocycles.